The van der Waals surface area contributed by atoms with Gasteiger partial charge in [0.15, 0.2) is 0 Å². The zero-order chi connectivity index (χ0) is 13.5. The first-order chi connectivity index (χ1) is 9.24. The normalized spacial score (nSPS) is 15.2. The van der Waals surface area contributed by atoms with Crippen LogP contribution >= 0.6 is 0 Å². The molecule has 2 rings (SSSR count). The molecule has 0 amide bonds. The van der Waals surface area contributed by atoms with Crippen LogP contribution in [0.3, 0.4) is 0 Å². The second-order valence-electron chi connectivity index (χ2n) is 5.17. The lowest BCUT2D eigenvalue weighted by atomic mass is 9.97. The van der Waals surface area contributed by atoms with Crippen molar-refractivity contribution < 1.29 is 4.74 Å². The summed E-state index contributed by atoms with van der Waals surface area (Å²) in [4.78, 5) is 8.54. The molecule has 19 heavy (non-hydrogen) atoms. The van der Waals surface area contributed by atoms with Crippen LogP contribution in [0.15, 0.2) is 23.9 Å². The maximum Gasteiger partial charge on any atom is 0.225 e. The summed E-state index contributed by atoms with van der Waals surface area (Å²) >= 11 is 0. The largest absolute Gasteiger partial charge is 0.475 e. The molecule has 0 bridgehead atoms. The Morgan fingerprint density at radius 1 is 1.37 bits per heavy atom. The van der Waals surface area contributed by atoms with Crippen molar-refractivity contribution in [3.63, 3.8) is 0 Å². The number of nitrogens with one attached hydrogen (secondary N) is 1. The molecule has 0 aliphatic heterocycles. The first-order valence-electron chi connectivity index (χ1n) is 7.15. The van der Waals surface area contributed by atoms with Crippen molar-refractivity contribution in [3.8, 4) is 5.88 Å². The molecule has 4 heteroatoms. The lowest BCUT2D eigenvalue weighted by Gasteiger charge is -2.13. The lowest BCUT2D eigenvalue weighted by Crippen LogP contribution is -2.10. The van der Waals surface area contributed by atoms with Gasteiger partial charge in [-0.25, -0.2) is 4.98 Å². The number of rotatable bonds is 6. The molecule has 104 valence electrons. The fourth-order valence-electron chi connectivity index (χ4n) is 2.20. The second kappa shape index (κ2) is 7.12. The Kier molecular flexibility index (Phi) is 5.19. The Hall–Kier alpha value is -1.58. The van der Waals surface area contributed by atoms with E-state index in [9.17, 15) is 0 Å². The molecule has 1 heterocycles. The zero-order valence-corrected chi connectivity index (χ0v) is 11.9. The van der Waals surface area contributed by atoms with Gasteiger partial charge in [-0.2, -0.15) is 4.98 Å². The molecular formula is C15H23N3O. The number of ether oxygens (including phenoxy) is 1. The molecule has 1 aliphatic rings. The number of allylic oxidation sites excluding steroid dienone is 1. The third-order valence-corrected chi connectivity index (χ3v) is 3.10. The Balaban J connectivity index is 1.80. The number of hydrogen-bond acceptors (Lipinski definition) is 4. The Morgan fingerprint density at radius 2 is 2.26 bits per heavy atom. The quantitative estimate of drug-likeness (QED) is 0.795. The fourth-order valence-corrected chi connectivity index (χ4v) is 2.20. The summed E-state index contributed by atoms with van der Waals surface area (Å²) in [6.45, 7) is 4.87. The van der Waals surface area contributed by atoms with Crippen molar-refractivity contribution in [1.82, 2.24) is 9.97 Å². The smallest absolute Gasteiger partial charge is 0.225 e. The minimum Gasteiger partial charge on any atom is -0.475 e. The SMILES string of the molecule is CC(C)Oc1ccnc(NCCC2=CCCCC2)n1. The molecule has 0 radical (unpaired) electrons. The van der Waals surface area contributed by atoms with E-state index in [-0.39, 0.29) is 6.10 Å². The summed E-state index contributed by atoms with van der Waals surface area (Å²) in [7, 11) is 0. The molecule has 1 aliphatic carbocycles. The molecule has 4 nitrogen and oxygen atoms in total. The second-order valence-corrected chi connectivity index (χ2v) is 5.17. The molecule has 0 atom stereocenters. The van der Waals surface area contributed by atoms with Crippen LogP contribution in [0.25, 0.3) is 0 Å². The number of hydrogen-bond donors (Lipinski definition) is 1. The van der Waals surface area contributed by atoms with Gasteiger partial charge >= 0.3 is 0 Å². The van der Waals surface area contributed by atoms with E-state index in [1.165, 1.54) is 25.7 Å². The standard InChI is InChI=1S/C15H23N3O/c1-12(2)19-14-9-11-17-15(18-14)16-10-8-13-6-4-3-5-7-13/h6,9,11-12H,3-5,7-8,10H2,1-2H3,(H,16,17,18). The summed E-state index contributed by atoms with van der Waals surface area (Å²) < 4.78 is 5.55. The molecule has 0 unspecified atom stereocenters. The highest BCUT2D eigenvalue weighted by atomic mass is 16.5. The highest BCUT2D eigenvalue weighted by Crippen LogP contribution is 2.20. The molecule has 1 N–H and O–H groups in total. The van der Waals surface area contributed by atoms with Crippen LogP contribution in [-0.2, 0) is 0 Å². The molecule has 0 spiro atoms. The Morgan fingerprint density at radius 3 is 3.00 bits per heavy atom. The van der Waals surface area contributed by atoms with Crippen LogP contribution in [-0.4, -0.2) is 22.6 Å². The van der Waals surface area contributed by atoms with Gasteiger partial charge in [0.1, 0.15) is 0 Å². The molecule has 1 aromatic rings. The van der Waals surface area contributed by atoms with Crippen LogP contribution in [0.1, 0.15) is 46.0 Å². The predicted octanol–water partition coefficient (Wildman–Crippen LogP) is 3.57. The van der Waals surface area contributed by atoms with E-state index in [0.29, 0.717) is 11.8 Å². The summed E-state index contributed by atoms with van der Waals surface area (Å²) in [5, 5.41) is 3.26. The molecular weight excluding hydrogens is 238 g/mol. The topological polar surface area (TPSA) is 47.0 Å². The van der Waals surface area contributed by atoms with Gasteiger partial charge in [-0.1, -0.05) is 11.6 Å². The van der Waals surface area contributed by atoms with Gasteiger partial charge in [-0.15, -0.1) is 0 Å². The van der Waals surface area contributed by atoms with Crippen molar-refractivity contribution in [2.75, 3.05) is 11.9 Å². The molecule has 0 fully saturated rings. The average molecular weight is 261 g/mol. The van der Waals surface area contributed by atoms with E-state index in [1.54, 1.807) is 17.8 Å². The Bertz CT molecular complexity index is 429. The number of anilines is 1. The van der Waals surface area contributed by atoms with E-state index >= 15 is 0 Å². The monoisotopic (exact) mass is 261 g/mol. The van der Waals surface area contributed by atoms with Gasteiger partial charge in [0, 0.05) is 18.8 Å². The van der Waals surface area contributed by atoms with E-state index in [4.69, 9.17) is 4.74 Å². The van der Waals surface area contributed by atoms with Crippen molar-refractivity contribution in [3.05, 3.63) is 23.9 Å². The first kappa shape index (κ1) is 13.8. The Labute approximate surface area is 115 Å². The third-order valence-electron chi connectivity index (χ3n) is 3.10. The summed E-state index contributed by atoms with van der Waals surface area (Å²) in [6.07, 6.45) is 10.5. The third kappa shape index (κ3) is 4.89. The highest BCUT2D eigenvalue weighted by molar-refractivity contribution is 5.27. The summed E-state index contributed by atoms with van der Waals surface area (Å²) in [5.41, 5.74) is 1.56. The van der Waals surface area contributed by atoms with E-state index in [1.807, 2.05) is 13.8 Å². The van der Waals surface area contributed by atoms with Crippen LogP contribution < -0.4 is 10.1 Å². The van der Waals surface area contributed by atoms with Crippen LogP contribution in [0.2, 0.25) is 0 Å². The van der Waals surface area contributed by atoms with Crippen LogP contribution in [0, 0.1) is 0 Å². The van der Waals surface area contributed by atoms with Gasteiger partial charge in [0.05, 0.1) is 6.10 Å². The fraction of sp³-hybridized carbons (Fsp3) is 0.600. The van der Waals surface area contributed by atoms with Crippen LogP contribution in [0.5, 0.6) is 5.88 Å². The van der Waals surface area contributed by atoms with Crippen molar-refractivity contribution >= 4 is 5.95 Å². The minimum absolute atomic E-state index is 0.134. The minimum atomic E-state index is 0.134. The van der Waals surface area contributed by atoms with Crippen molar-refractivity contribution in [1.29, 1.82) is 0 Å². The van der Waals surface area contributed by atoms with Gasteiger partial charge in [0.25, 0.3) is 0 Å². The first-order valence-corrected chi connectivity index (χ1v) is 7.15. The summed E-state index contributed by atoms with van der Waals surface area (Å²) in [6, 6.07) is 1.79. The van der Waals surface area contributed by atoms with Gasteiger partial charge < -0.3 is 10.1 Å². The van der Waals surface area contributed by atoms with E-state index < -0.39 is 0 Å². The van der Waals surface area contributed by atoms with Gasteiger partial charge in [-0.3, -0.25) is 0 Å². The predicted molar refractivity (Wildman–Crippen MR) is 77.5 cm³/mol. The molecule has 0 saturated heterocycles. The zero-order valence-electron chi connectivity index (χ0n) is 11.9. The average Bonchev–Trinajstić information content (AvgIpc) is 2.40. The van der Waals surface area contributed by atoms with E-state index in [0.717, 1.165) is 13.0 Å². The molecule has 1 aromatic heterocycles. The van der Waals surface area contributed by atoms with Crippen molar-refractivity contribution in [2.24, 2.45) is 0 Å². The highest BCUT2D eigenvalue weighted by Gasteiger charge is 2.05. The lowest BCUT2D eigenvalue weighted by molar-refractivity contribution is 0.232. The maximum absolute atomic E-state index is 5.55. The number of nitrogens with zero attached hydrogens (tertiary/aromatic N) is 2. The number of aromatic nitrogens is 2. The van der Waals surface area contributed by atoms with E-state index in [2.05, 4.69) is 21.4 Å². The molecule has 0 aromatic carbocycles. The van der Waals surface area contributed by atoms with Gasteiger partial charge in [0.2, 0.25) is 11.8 Å². The van der Waals surface area contributed by atoms with Crippen molar-refractivity contribution in [2.45, 2.75) is 52.1 Å². The van der Waals surface area contributed by atoms with Crippen LogP contribution in [0.4, 0.5) is 5.95 Å². The summed E-state index contributed by atoms with van der Waals surface area (Å²) in [5.74, 6) is 1.28. The van der Waals surface area contributed by atoms with Gasteiger partial charge in [-0.05, 0) is 46.0 Å². The maximum atomic E-state index is 5.55. The molecule has 0 saturated carbocycles.